The van der Waals surface area contributed by atoms with Gasteiger partial charge in [-0.2, -0.15) is 0 Å². The topological polar surface area (TPSA) is 45.2 Å². The fourth-order valence-corrected chi connectivity index (χ4v) is 2.72. The van der Waals surface area contributed by atoms with E-state index in [4.69, 9.17) is 9.47 Å². The third-order valence-electron chi connectivity index (χ3n) is 3.80. The number of aliphatic hydroxyl groups excluding tert-OH is 1. The molecule has 5 heteroatoms. The lowest BCUT2D eigenvalue weighted by Gasteiger charge is -2.35. The quantitative estimate of drug-likeness (QED) is 0.854. The summed E-state index contributed by atoms with van der Waals surface area (Å²) in [6.07, 6.45) is -0.251. The second-order valence-corrected chi connectivity index (χ2v) is 5.65. The van der Waals surface area contributed by atoms with Gasteiger partial charge in [-0.3, -0.25) is 9.80 Å². The lowest BCUT2D eigenvalue weighted by atomic mass is 10.1. The summed E-state index contributed by atoms with van der Waals surface area (Å²) in [5.74, 6) is 1.66. The molecule has 5 nitrogen and oxygen atoms in total. The standard InChI is InChI=1S/C16H26N2O3/c1-13(19)11-17-4-6-18(7-5-17)12-14-8-15(20-2)10-16(9-14)21-3/h8-10,13,19H,4-7,11-12H2,1-3H3/t13-/m1/s1. The molecular weight excluding hydrogens is 268 g/mol. The second kappa shape index (κ2) is 7.64. The molecule has 1 fully saturated rings. The van der Waals surface area contributed by atoms with E-state index >= 15 is 0 Å². The molecule has 0 saturated carbocycles. The van der Waals surface area contributed by atoms with Crippen molar-refractivity contribution in [1.29, 1.82) is 0 Å². The zero-order valence-corrected chi connectivity index (χ0v) is 13.2. The molecule has 1 aliphatic heterocycles. The van der Waals surface area contributed by atoms with Crippen LogP contribution in [0.3, 0.4) is 0 Å². The van der Waals surface area contributed by atoms with Gasteiger partial charge in [0.15, 0.2) is 0 Å². The van der Waals surface area contributed by atoms with Crippen LogP contribution < -0.4 is 9.47 Å². The minimum Gasteiger partial charge on any atom is -0.497 e. The molecule has 0 aromatic heterocycles. The number of β-amino-alcohol motifs (C(OH)–C–C–N with tert-alkyl or cyclic N) is 1. The van der Waals surface area contributed by atoms with Gasteiger partial charge in [0.2, 0.25) is 0 Å². The van der Waals surface area contributed by atoms with Crippen molar-refractivity contribution in [1.82, 2.24) is 9.80 Å². The van der Waals surface area contributed by atoms with Crippen LogP contribution in [0.25, 0.3) is 0 Å². The predicted molar refractivity (Wildman–Crippen MR) is 82.9 cm³/mol. The number of ether oxygens (including phenoxy) is 2. The van der Waals surface area contributed by atoms with Crippen LogP contribution in [0.1, 0.15) is 12.5 Å². The molecule has 1 atom stereocenters. The van der Waals surface area contributed by atoms with E-state index in [2.05, 4.69) is 21.9 Å². The van der Waals surface area contributed by atoms with Crippen LogP contribution in [0.4, 0.5) is 0 Å². The lowest BCUT2D eigenvalue weighted by molar-refractivity contribution is 0.0780. The van der Waals surface area contributed by atoms with Crippen molar-refractivity contribution >= 4 is 0 Å². The lowest BCUT2D eigenvalue weighted by Crippen LogP contribution is -2.47. The largest absolute Gasteiger partial charge is 0.497 e. The fraction of sp³-hybridized carbons (Fsp3) is 0.625. The smallest absolute Gasteiger partial charge is 0.122 e. The molecule has 1 heterocycles. The minimum atomic E-state index is -0.251. The molecule has 0 amide bonds. The van der Waals surface area contributed by atoms with Gasteiger partial charge in [0.25, 0.3) is 0 Å². The monoisotopic (exact) mass is 294 g/mol. The summed E-state index contributed by atoms with van der Waals surface area (Å²) in [5, 5.41) is 9.44. The molecule has 2 rings (SSSR count). The van der Waals surface area contributed by atoms with Crippen LogP contribution in [-0.4, -0.2) is 68.0 Å². The average molecular weight is 294 g/mol. The molecule has 0 radical (unpaired) electrons. The number of piperazine rings is 1. The van der Waals surface area contributed by atoms with Gasteiger partial charge in [-0.15, -0.1) is 0 Å². The summed E-state index contributed by atoms with van der Waals surface area (Å²) in [7, 11) is 3.35. The number of hydrogen-bond donors (Lipinski definition) is 1. The highest BCUT2D eigenvalue weighted by Gasteiger charge is 2.18. The predicted octanol–water partition coefficient (Wildman–Crippen LogP) is 1.20. The first kappa shape index (κ1) is 16.1. The first-order chi connectivity index (χ1) is 10.1. The Kier molecular flexibility index (Phi) is 5.85. The van der Waals surface area contributed by atoms with Crippen molar-refractivity contribution in [2.75, 3.05) is 46.9 Å². The number of benzene rings is 1. The van der Waals surface area contributed by atoms with E-state index in [0.717, 1.165) is 50.8 Å². The van der Waals surface area contributed by atoms with Crippen molar-refractivity contribution in [3.63, 3.8) is 0 Å². The Hall–Kier alpha value is -1.30. The molecule has 1 saturated heterocycles. The molecule has 0 spiro atoms. The van der Waals surface area contributed by atoms with Crippen LogP contribution in [-0.2, 0) is 6.54 Å². The number of hydrogen-bond acceptors (Lipinski definition) is 5. The maximum absolute atomic E-state index is 9.44. The average Bonchev–Trinajstić information content (AvgIpc) is 2.48. The zero-order valence-electron chi connectivity index (χ0n) is 13.2. The van der Waals surface area contributed by atoms with E-state index in [-0.39, 0.29) is 6.10 Å². The Labute approximate surface area is 127 Å². The van der Waals surface area contributed by atoms with Gasteiger partial charge in [0, 0.05) is 45.3 Å². The molecule has 0 unspecified atom stereocenters. The Morgan fingerprint density at radius 2 is 1.52 bits per heavy atom. The maximum Gasteiger partial charge on any atom is 0.122 e. The first-order valence-electron chi connectivity index (χ1n) is 7.45. The van der Waals surface area contributed by atoms with Gasteiger partial charge in [-0.05, 0) is 24.6 Å². The van der Waals surface area contributed by atoms with Crippen molar-refractivity contribution in [3.05, 3.63) is 23.8 Å². The molecular formula is C16H26N2O3. The number of rotatable bonds is 6. The molecule has 1 aliphatic rings. The summed E-state index contributed by atoms with van der Waals surface area (Å²) in [6.45, 7) is 7.56. The summed E-state index contributed by atoms with van der Waals surface area (Å²) in [5.41, 5.74) is 1.20. The molecule has 21 heavy (non-hydrogen) atoms. The maximum atomic E-state index is 9.44. The van der Waals surface area contributed by atoms with Gasteiger partial charge in [-0.25, -0.2) is 0 Å². The highest BCUT2D eigenvalue weighted by Crippen LogP contribution is 2.23. The first-order valence-corrected chi connectivity index (χ1v) is 7.45. The van der Waals surface area contributed by atoms with Crippen LogP contribution in [0.2, 0.25) is 0 Å². The van der Waals surface area contributed by atoms with Crippen LogP contribution in [0, 0.1) is 0 Å². The van der Waals surface area contributed by atoms with Crippen molar-refractivity contribution in [2.24, 2.45) is 0 Å². The van der Waals surface area contributed by atoms with E-state index in [1.807, 2.05) is 13.0 Å². The van der Waals surface area contributed by atoms with Crippen molar-refractivity contribution in [2.45, 2.75) is 19.6 Å². The fourth-order valence-electron chi connectivity index (χ4n) is 2.72. The number of nitrogens with zero attached hydrogens (tertiary/aromatic N) is 2. The van der Waals surface area contributed by atoms with Crippen molar-refractivity contribution in [3.8, 4) is 11.5 Å². The van der Waals surface area contributed by atoms with Gasteiger partial charge < -0.3 is 14.6 Å². The van der Waals surface area contributed by atoms with Gasteiger partial charge in [0.1, 0.15) is 11.5 Å². The summed E-state index contributed by atoms with van der Waals surface area (Å²) < 4.78 is 10.6. The summed E-state index contributed by atoms with van der Waals surface area (Å²) in [6, 6.07) is 6.01. The SMILES string of the molecule is COc1cc(CN2CCN(C[C@@H](C)O)CC2)cc(OC)c1. The number of aliphatic hydroxyl groups is 1. The Balaban J connectivity index is 1.91. The summed E-state index contributed by atoms with van der Waals surface area (Å²) >= 11 is 0. The molecule has 0 aliphatic carbocycles. The third kappa shape index (κ3) is 4.88. The highest BCUT2D eigenvalue weighted by atomic mass is 16.5. The van der Waals surface area contributed by atoms with Crippen LogP contribution in [0.15, 0.2) is 18.2 Å². The Bertz CT molecular complexity index is 421. The van der Waals surface area contributed by atoms with E-state index in [0.29, 0.717) is 0 Å². The van der Waals surface area contributed by atoms with Gasteiger partial charge in [-0.1, -0.05) is 0 Å². The van der Waals surface area contributed by atoms with E-state index in [1.54, 1.807) is 14.2 Å². The summed E-state index contributed by atoms with van der Waals surface area (Å²) in [4.78, 5) is 4.74. The third-order valence-corrected chi connectivity index (χ3v) is 3.80. The van der Waals surface area contributed by atoms with E-state index < -0.39 is 0 Å². The van der Waals surface area contributed by atoms with E-state index in [1.165, 1.54) is 5.56 Å². The van der Waals surface area contributed by atoms with Gasteiger partial charge in [0.05, 0.1) is 20.3 Å². The normalized spacial score (nSPS) is 18.5. The minimum absolute atomic E-state index is 0.251. The van der Waals surface area contributed by atoms with Crippen LogP contribution in [0.5, 0.6) is 11.5 Å². The molecule has 1 aromatic carbocycles. The Morgan fingerprint density at radius 3 is 2.00 bits per heavy atom. The van der Waals surface area contributed by atoms with E-state index in [9.17, 15) is 5.11 Å². The molecule has 0 bridgehead atoms. The molecule has 118 valence electrons. The molecule has 1 N–H and O–H groups in total. The highest BCUT2D eigenvalue weighted by molar-refractivity contribution is 5.38. The van der Waals surface area contributed by atoms with Crippen LogP contribution >= 0.6 is 0 Å². The molecule has 1 aromatic rings. The Morgan fingerprint density at radius 1 is 1.00 bits per heavy atom. The zero-order chi connectivity index (χ0) is 15.2. The van der Waals surface area contributed by atoms with Gasteiger partial charge >= 0.3 is 0 Å². The van der Waals surface area contributed by atoms with Crippen molar-refractivity contribution < 1.29 is 14.6 Å². The number of methoxy groups -OCH3 is 2. The second-order valence-electron chi connectivity index (χ2n) is 5.65.